The molecular formula is C14H21N3O2. The van der Waals surface area contributed by atoms with Crippen LogP contribution in [0.5, 0.6) is 0 Å². The fourth-order valence-electron chi connectivity index (χ4n) is 2.47. The first kappa shape index (κ1) is 13.8. The molecule has 2 rings (SSSR count). The van der Waals surface area contributed by atoms with Crippen LogP contribution in [0.3, 0.4) is 0 Å². The lowest BCUT2D eigenvalue weighted by Gasteiger charge is -2.38. The number of aryl methyl sites for hydroxylation is 1. The number of amidine groups is 1. The lowest BCUT2D eigenvalue weighted by molar-refractivity contribution is -0.0421. The maximum atomic E-state index is 9.29. The summed E-state index contributed by atoms with van der Waals surface area (Å²) in [5, 5.41) is 17.0. The monoisotopic (exact) mass is 263 g/mol. The van der Waals surface area contributed by atoms with E-state index in [0.717, 1.165) is 23.4 Å². The van der Waals surface area contributed by atoms with Crippen molar-refractivity contribution in [2.75, 3.05) is 24.6 Å². The zero-order valence-electron chi connectivity index (χ0n) is 11.4. The van der Waals surface area contributed by atoms with Crippen LogP contribution in [0, 0.1) is 12.3 Å². The molecule has 1 aliphatic rings. The molecule has 2 unspecified atom stereocenters. The highest BCUT2D eigenvalue weighted by molar-refractivity contribution is 6.00. The second-order valence-electron chi connectivity index (χ2n) is 5.09. The predicted octanol–water partition coefficient (Wildman–Crippen LogP) is 0.865. The highest BCUT2D eigenvalue weighted by Gasteiger charge is 2.26. The van der Waals surface area contributed by atoms with Gasteiger partial charge in [0.1, 0.15) is 5.84 Å². The zero-order valence-corrected chi connectivity index (χ0v) is 11.4. The maximum Gasteiger partial charge on any atom is 0.124 e. The van der Waals surface area contributed by atoms with Gasteiger partial charge in [0.15, 0.2) is 0 Å². The van der Waals surface area contributed by atoms with Gasteiger partial charge >= 0.3 is 0 Å². The molecule has 4 N–H and O–H groups in total. The van der Waals surface area contributed by atoms with E-state index in [1.807, 2.05) is 32.0 Å². The van der Waals surface area contributed by atoms with Gasteiger partial charge in [-0.25, -0.2) is 0 Å². The number of nitrogens with zero attached hydrogens (tertiary/aromatic N) is 1. The van der Waals surface area contributed by atoms with Crippen molar-refractivity contribution in [2.24, 2.45) is 5.73 Å². The Morgan fingerprint density at radius 1 is 1.53 bits per heavy atom. The molecule has 0 saturated carbocycles. The van der Waals surface area contributed by atoms with Crippen molar-refractivity contribution in [3.05, 3.63) is 29.3 Å². The normalized spacial score (nSPS) is 23.4. The number of nitrogens with two attached hydrogens (primary N) is 1. The van der Waals surface area contributed by atoms with E-state index in [1.54, 1.807) is 0 Å². The van der Waals surface area contributed by atoms with Gasteiger partial charge in [0.25, 0.3) is 0 Å². The molecular weight excluding hydrogens is 242 g/mol. The number of morpholine rings is 1. The van der Waals surface area contributed by atoms with Gasteiger partial charge in [-0.2, -0.15) is 0 Å². The molecule has 0 spiro atoms. The van der Waals surface area contributed by atoms with Crippen LogP contribution in [0.1, 0.15) is 18.1 Å². The number of nitrogens with one attached hydrogen (secondary N) is 1. The smallest absolute Gasteiger partial charge is 0.124 e. The van der Waals surface area contributed by atoms with Crippen LogP contribution >= 0.6 is 0 Å². The number of hydrogen-bond acceptors (Lipinski definition) is 4. The predicted molar refractivity (Wildman–Crippen MR) is 75.8 cm³/mol. The Hall–Kier alpha value is -1.59. The number of nitrogen functional groups attached to an aromatic ring is 1. The summed E-state index contributed by atoms with van der Waals surface area (Å²) >= 11 is 0. The highest BCUT2D eigenvalue weighted by atomic mass is 16.5. The molecule has 0 aromatic heterocycles. The summed E-state index contributed by atoms with van der Waals surface area (Å²) in [6.45, 7) is 5.35. The standard InChI is InChI=1S/C14H21N3O2/c1-9-3-4-12(14(15)16)13(5-9)17-6-10(2)19-11(7-17)8-18/h3-5,10-11,18H,6-8H2,1-2H3,(H3,15,16). The van der Waals surface area contributed by atoms with Gasteiger partial charge in [0.05, 0.1) is 18.8 Å². The van der Waals surface area contributed by atoms with Crippen molar-refractivity contribution >= 4 is 11.5 Å². The van der Waals surface area contributed by atoms with Crippen LogP contribution in [0.4, 0.5) is 5.69 Å². The minimum atomic E-state index is -0.191. The fraction of sp³-hybridized carbons (Fsp3) is 0.500. The van der Waals surface area contributed by atoms with Crippen LogP contribution in [0.25, 0.3) is 0 Å². The Balaban J connectivity index is 2.34. The maximum absolute atomic E-state index is 9.29. The highest BCUT2D eigenvalue weighted by Crippen LogP contribution is 2.25. The number of hydrogen-bond donors (Lipinski definition) is 3. The van der Waals surface area contributed by atoms with Crippen molar-refractivity contribution in [2.45, 2.75) is 26.1 Å². The van der Waals surface area contributed by atoms with E-state index >= 15 is 0 Å². The molecule has 0 radical (unpaired) electrons. The third-order valence-corrected chi connectivity index (χ3v) is 3.31. The summed E-state index contributed by atoms with van der Waals surface area (Å²) in [6, 6.07) is 5.86. The second kappa shape index (κ2) is 5.59. The largest absolute Gasteiger partial charge is 0.394 e. The third-order valence-electron chi connectivity index (χ3n) is 3.31. The molecule has 1 saturated heterocycles. The molecule has 1 fully saturated rings. The van der Waals surface area contributed by atoms with Crippen LogP contribution < -0.4 is 10.6 Å². The summed E-state index contributed by atoms with van der Waals surface area (Å²) in [6.07, 6.45) is -0.143. The van der Waals surface area contributed by atoms with Gasteiger partial charge in [-0.1, -0.05) is 6.07 Å². The van der Waals surface area contributed by atoms with Gasteiger partial charge in [-0.3, -0.25) is 5.41 Å². The van der Waals surface area contributed by atoms with E-state index in [0.29, 0.717) is 6.54 Å². The average Bonchev–Trinajstić information content (AvgIpc) is 2.37. The molecule has 2 atom stereocenters. The van der Waals surface area contributed by atoms with Crippen LogP contribution in [0.15, 0.2) is 18.2 Å². The number of benzene rings is 1. The first-order valence-electron chi connectivity index (χ1n) is 6.47. The molecule has 5 heteroatoms. The first-order chi connectivity index (χ1) is 9.01. The van der Waals surface area contributed by atoms with E-state index in [4.69, 9.17) is 15.9 Å². The summed E-state index contributed by atoms with van der Waals surface area (Å²) in [4.78, 5) is 2.14. The first-order valence-corrected chi connectivity index (χ1v) is 6.47. The number of anilines is 1. The SMILES string of the molecule is Cc1ccc(C(=N)N)c(N2CC(C)OC(CO)C2)c1. The van der Waals surface area contributed by atoms with E-state index in [1.165, 1.54) is 0 Å². The van der Waals surface area contributed by atoms with Gasteiger partial charge in [-0.05, 0) is 31.5 Å². The van der Waals surface area contributed by atoms with Crippen molar-refractivity contribution in [1.82, 2.24) is 0 Å². The molecule has 1 heterocycles. The molecule has 5 nitrogen and oxygen atoms in total. The fourth-order valence-corrected chi connectivity index (χ4v) is 2.47. The minimum absolute atomic E-state index is 0.00204. The molecule has 19 heavy (non-hydrogen) atoms. The number of rotatable bonds is 3. The van der Waals surface area contributed by atoms with Crippen LogP contribution in [-0.2, 0) is 4.74 Å². The summed E-state index contributed by atoms with van der Waals surface area (Å²) < 4.78 is 5.64. The lowest BCUT2D eigenvalue weighted by atomic mass is 10.1. The average molecular weight is 263 g/mol. The third kappa shape index (κ3) is 3.05. The lowest BCUT2D eigenvalue weighted by Crippen LogP contribution is -2.48. The molecule has 1 aromatic rings. The van der Waals surface area contributed by atoms with Gasteiger partial charge in [0, 0.05) is 24.3 Å². The van der Waals surface area contributed by atoms with Crippen LogP contribution in [-0.4, -0.2) is 42.8 Å². The molecule has 0 bridgehead atoms. The van der Waals surface area contributed by atoms with Crippen molar-refractivity contribution < 1.29 is 9.84 Å². The molecule has 0 amide bonds. The van der Waals surface area contributed by atoms with Gasteiger partial charge in [-0.15, -0.1) is 0 Å². The number of aliphatic hydroxyl groups excluding tert-OH is 1. The second-order valence-corrected chi connectivity index (χ2v) is 5.09. The van der Waals surface area contributed by atoms with Crippen molar-refractivity contribution in [3.8, 4) is 0 Å². The summed E-state index contributed by atoms with van der Waals surface area (Å²) in [5.74, 6) is 0.0645. The Kier molecular flexibility index (Phi) is 4.07. The van der Waals surface area contributed by atoms with Gasteiger partial charge < -0.3 is 20.5 Å². The van der Waals surface area contributed by atoms with E-state index in [2.05, 4.69) is 4.90 Å². The molecule has 1 aromatic carbocycles. The van der Waals surface area contributed by atoms with E-state index < -0.39 is 0 Å². The van der Waals surface area contributed by atoms with E-state index in [-0.39, 0.29) is 24.7 Å². The quantitative estimate of drug-likeness (QED) is 0.558. The topological polar surface area (TPSA) is 82.6 Å². The molecule has 104 valence electrons. The van der Waals surface area contributed by atoms with E-state index in [9.17, 15) is 5.11 Å². The Labute approximate surface area is 113 Å². The number of ether oxygens (including phenoxy) is 1. The molecule has 1 aliphatic heterocycles. The van der Waals surface area contributed by atoms with Crippen molar-refractivity contribution in [1.29, 1.82) is 5.41 Å². The zero-order chi connectivity index (χ0) is 14.0. The van der Waals surface area contributed by atoms with Gasteiger partial charge in [0.2, 0.25) is 0 Å². The number of aliphatic hydroxyl groups is 1. The minimum Gasteiger partial charge on any atom is -0.394 e. The molecule has 0 aliphatic carbocycles. The summed E-state index contributed by atoms with van der Waals surface area (Å²) in [5.41, 5.74) is 8.45. The van der Waals surface area contributed by atoms with Crippen molar-refractivity contribution in [3.63, 3.8) is 0 Å². The Morgan fingerprint density at radius 2 is 2.26 bits per heavy atom. The Morgan fingerprint density at radius 3 is 2.89 bits per heavy atom. The van der Waals surface area contributed by atoms with Crippen LogP contribution in [0.2, 0.25) is 0 Å². The Bertz CT molecular complexity index is 476. The summed E-state index contributed by atoms with van der Waals surface area (Å²) in [7, 11) is 0.